The van der Waals surface area contributed by atoms with Gasteiger partial charge in [0.05, 0.1) is 18.4 Å². The molecule has 0 bridgehead atoms. The van der Waals surface area contributed by atoms with Gasteiger partial charge in [-0.25, -0.2) is 4.79 Å². The minimum Gasteiger partial charge on any atom is -0.465 e. The topological polar surface area (TPSA) is 75.7 Å². The summed E-state index contributed by atoms with van der Waals surface area (Å²) in [5.74, 6) is -1.24. The average Bonchev–Trinajstić information content (AvgIpc) is 2.67. The lowest BCUT2D eigenvalue weighted by Crippen LogP contribution is -2.41. The largest absolute Gasteiger partial charge is 0.465 e. The van der Waals surface area contributed by atoms with Gasteiger partial charge in [0, 0.05) is 18.5 Å². The molecule has 1 N–H and O–H groups in total. The number of ether oxygens (including phenoxy) is 1. The Kier molecular flexibility index (Phi) is 7.37. The van der Waals surface area contributed by atoms with Crippen LogP contribution < -0.4 is 10.2 Å². The number of carbonyl (C=O) groups excluding carboxylic acids is 3. The van der Waals surface area contributed by atoms with Gasteiger partial charge < -0.3 is 15.0 Å². The van der Waals surface area contributed by atoms with E-state index in [0.29, 0.717) is 23.7 Å². The van der Waals surface area contributed by atoms with Crippen LogP contribution in [0, 0.1) is 0 Å². The molecule has 2 amide bonds. The van der Waals surface area contributed by atoms with Crippen LogP contribution in [0.25, 0.3) is 0 Å². The first-order valence-electron chi connectivity index (χ1n) is 8.39. The van der Waals surface area contributed by atoms with Gasteiger partial charge in [0.25, 0.3) is 0 Å². The summed E-state index contributed by atoms with van der Waals surface area (Å²) in [5.41, 5.74) is 1.60. The van der Waals surface area contributed by atoms with Crippen molar-refractivity contribution in [2.45, 2.75) is 13.3 Å². The number of anilines is 1. The number of esters is 1. The van der Waals surface area contributed by atoms with Crippen molar-refractivity contribution >= 4 is 35.1 Å². The smallest absolute Gasteiger partial charge is 0.339 e. The summed E-state index contributed by atoms with van der Waals surface area (Å²) in [6.45, 7) is 1.57. The fraction of sp³-hybridized carbons (Fsp3) is 0.250. The van der Waals surface area contributed by atoms with E-state index in [1.54, 1.807) is 36.4 Å². The number of nitrogens with zero attached hydrogens (tertiary/aromatic N) is 1. The fourth-order valence-corrected chi connectivity index (χ4v) is 2.68. The number of amides is 2. The minimum absolute atomic E-state index is 0.191. The number of nitrogens with one attached hydrogen (secondary N) is 1. The molecule has 142 valence electrons. The second kappa shape index (κ2) is 9.73. The number of hydrogen-bond acceptors (Lipinski definition) is 4. The van der Waals surface area contributed by atoms with Gasteiger partial charge in [-0.2, -0.15) is 0 Å². The van der Waals surface area contributed by atoms with Gasteiger partial charge in [-0.3, -0.25) is 9.59 Å². The normalized spacial score (nSPS) is 10.2. The molecular weight excluding hydrogens is 368 g/mol. The van der Waals surface area contributed by atoms with Crippen molar-refractivity contribution in [2.75, 3.05) is 25.1 Å². The first-order chi connectivity index (χ1) is 12.9. The second-order valence-corrected chi connectivity index (χ2v) is 6.28. The van der Waals surface area contributed by atoms with E-state index in [1.165, 1.54) is 18.9 Å². The van der Waals surface area contributed by atoms with Crippen LogP contribution in [0.15, 0.2) is 48.5 Å². The second-order valence-electron chi connectivity index (χ2n) is 5.84. The molecule has 0 aliphatic rings. The predicted molar refractivity (Wildman–Crippen MR) is 104 cm³/mol. The molecule has 0 atom stereocenters. The molecular formula is C20H21ClN2O4. The molecule has 0 aromatic heterocycles. The van der Waals surface area contributed by atoms with Crippen LogP contribution in [0.5, 0.6) is 0 Å². The number of para-hydroxylation sites is 1. The molecule has 6 nitrogen and oxygen atoms in total. The Balaban J connectivity index is 2.01. The SMILES string of the molecule is COC(=O)c1ccccc1N(CC(=O)NCCc1ccc(Cl)cc1)C(C)=O. The summed E-state index contributed by atoms with van der Waals surface area (Å²) in [7, 11) is 1.26. The van der Waals surface area contributed by atoms with E-state index in [4.69, 9.17) is 16.3 Å². The van der Waals surface area contributed by atoms with Crippen molar-refractivity contribution in [3.8, 4) is 0 Å². The highest BCUT2D eigenvalue weighted by molar-refractivity contribution is 6.30. The number of benzene rings is 2. The van der Waals surface area contributed by atoms with Crippen molar-refractivity contribution in [3.05, 3.63) is 64.7 Å². The third kappa shape index (κ3) is 5.82. The molecule has 0 spiro atoms. The van der Waals surface area contributed by atoms with Crippen LogP contribution in [0.3, 0.4) is 0 Å². The molecule has 2 aromatic carbocycles. The zero-order chi connectivity index (χ0) is 19.8. The van der Waals surface area contributed by atoms with E-state index in [9.17, 15) is 14.4 Å². The first-order valence-corrected chi connectivity index (χ1v) is 8.76. The standard InChI is InChI=1S/C20H21ClN2O4/c1-14(24)23(18-6-4-3-5-17(18)20(26)27-2)13-19(25)22-12-11-15-7-9-16(21)10-8-15/h3-10H,11-13H2,1-2H3,(H,22,25). The Bertz CT molecular complexity index is 821. The Hall–Kier alpha value is -2.86. The van der Waals surface area contributed by atoms with Gasteiger partial charge in [0.2, 0.25) is 11.8 Å². The van der Waals surface area contributed by atoms with E-state index >= 15 is 0 Å². The molecule has 0 saturated carbocycles. The fourth-order valence-electron chi connectivity index (χ4n) is 2.55. The zero-order valence-electron chi connectivity index (χ0n) is 15.2. The summed E-state index contributed by atoms with van der Waals surface area (Å²) in [6, 6.07) is 13.9. The zero-order valence-corrected chi connectivity index (χ0v) is 16.0. The summed E-state index contributed by atoms with van der Waals surface area (Å²) in [6.07, 6.45) is 0.641. The minimum atomic E-state index is -0.569. The molecule has 0 fully saturated rings. The van der Waals surface area contributed by atoms with E-state index in [2.05, 4.69) is 5.32 Å². The van der Waals surface area contributed by atoms with Crippen LogP contribution in [0.1, 0.15) is 22.8 Å². The molecule has 0 aliphatic carbocycles. The predicted octanol–water partition coefficient (Wildman–Crippen LogP) is 2.84. The molecule has 0 radical (unpaired) electrons. The number of halogens is 1. The number of methoxy groups -OCH3 is 1. The first kappa shape index (κ1) is 20.5. The summed E-state index contributed by atoms with van der Waals surface area (Å²) in [4.78, 5) is 37.5. The van der Waals surface area contributed by atoms with E-state index < -0.39 is 5.97 Å². The highest BCUT2D eigenvalue weighted by atomic mass is 35.5. The highest BCUT2D eigenvalue weighted by Crippen LogP contribution is 2.21. The molecule has 0 saturated heterocycles. The van der Waals surface area contributed by atoms with E-state index in [1.807, 2.05) is 12.1 Å². The Morgan fingerprint density at radius 1 is 1.07 bits per heavy atom. The van der Waals surface area contributed by atoms with E-state index in [-0.39, 0.29) is 23.9 Å². The van der Waals surface area contributed by atoms with Gasteiger partial charge in [0.15, 0.2) is 0 Å². The maximum atomic E-state index is 12.3. The number of hydrogen-bond donors (Lipinski definition) is 1. The highest BCUT2D eigenvalue weighted by Gasteiger charge is 2.21. The van der Waals surface area contributed by atoms with Crippen molar-refractivity contribution in [2.24, 2.45) is 0 Å². The summed E-state index contributed by atoms with van der Waals surface area (Å²) >= 11 is 5.85. The molecule has 2 rings (SSSR count). The Morgan fingerprint density at radius 2 is 1.74 bits per heavy atom. The summed E-state index contributed by atoms with van der Waals surface area (Å²) in [5, 5.41) is 3.44. The van der Waals surface area contributed by atoms with Crippen LogP contribution in [0.2, 0.25) is 5.02 Å². The molecule has 27 heavy (non-hydrogen) atoms. The summed E-state index contributed by atoms with van der Waals surface area (Å²) < 4.78 is 4.75. The number of carbonyl (C=O) groups is 3. The van der Waals surface area contributed by atoms with Crippen LogP contribution in [-0.2, 0) is 20.7 Å². The lowest BCUT2D eigenvalue weighted by molar-refractivity contribution is -0.123. The third-order valence-corrected chi connectivity index (χ3v) is 4.18. The van der Waals surface area contributed by atoms with Crippen molar-refractivity contribution < 1.29 is 19.1 Å². The quantitative estimate of drug-likeness (QED) is 0.740. The van der Waals surface area contributed by atoms with Gasteiger partial charge in [-0.05, 0) is 36.2 Å². The molecule has 2 aromatic rings. The Labute approximate surface area is 163 Å². The Morgan fingerprint density at radius 3 is 2.37 bits per heavy atom. The monoisotopic (exact) mass is 388 g/mol. The number of rotatable bonds is 7. The lowest BCUT2D eigenvalue weighted by Gasteiger charge is -2.22. The van der Waals surface area contributed by atoms with Crippen molar-refractivity contribution in [1.29, 1.82) is 0 Å². The third-order valence-electron chi connectivity index (χ3n) is 3.93. The van der Waals surface area contributed by atoms with E-state index in [0.717, 1.165) is 5.56 Å². The van der Waals surface area contributed by atoms with Gasteiger partial charge in [-0.15, -0.1) is 0 Å². The van der Waals surface area contributed by atoms with Crippen molar-refractivity contribution in [3.63, 3.8) is 0 Å². The molecule has 0 unspecified atom stereocenters. The molecule has 7 heteroatoms. The van der Waals surface area contributed by atoms with Gasteiger partial charge in [-0.1, -0.05) is 35.9 Å². The maximum Gasteiger partial charge on any atom is 0.339 e. The average molecular weight is 389 g/mol. The van der Waals surface area contributed by atoms with Crippen LogP contribution in [-0.4, -0.2) is 38.0 Å². The van der Waals surface area contributed by atoms with Crippen LogP contribution in [0.4, 0.5) is 5.69 Å². The van der Waals surface area contributed by atoms with Crippen LogP contribution >= 0.6 is 11.6 Å². The maximum absolute atomic E-state index is 12.3. The molecule has 0 aliphatic heterocycles. The molecule has 0 heterocycles. The van der Waals surface area contributed by atoms with Gasteiger partial charge >= 0.3 is 5.97 Å². The van der Waals surface area contributed by atoms with Crippen molar-refractivity contribution in [1.82, 2.24) is 5.32 Å². The van der Waals surface area contributed by atoms with Gasteiger partial charge in [0.1, 0.15) is 6.54 Å². The lowest BCUT2D eigenvalue weighted by atomic mass is 10.1.